The normalized spacial score (nSPS) is 15.1. The average Bonchev–Trinajstić information content (AvgIpc) is 2.14. The molecule has 0 aliphatic heterocycles. The van der Waals surface area contributed by atoms with Gasteiger partial charge in [-0.1, -0.05) is 20.8 Å². The lowest BCUT2D eigenvalue weighted by Gasteiger charge is -2.19. The minimum absolute atomic E-state index is 0.554. The quantitative estimate of drug-likeness (QED) is 0.489. The molecular weight excluding hydrogens is 172 g/mol. The maximum absolute atomic E-state index is 6.68. The molecular formula is C12H24N2. The smallest absolute Gasteiger partial charge is 0.214 e. The molecule has 0 saturated heterocycles. The summed E-state index contributed by atoms with van der Waals surface area (Å²) in [6.45, 7) is 17.5. The van der Waals surface area contributed by atoms with Crippen LogP contribution in [0.1, 0.15) is 40.5 Å². The largest absolute Gasteiger partial charge is 0.317 e. The molecule has 0 spiro atoms. The van der Waals surface area contributed by atoms with Gasteiger partial charge in [-0.3, -0.25) is 0 Å². The molecule has 0 rings (SSSR count). The molecule has 0 saturated carbocycles. The maximum atomic E-state index is 6.68. The molecule has 82 valence electrons. The first-order valence-corrected chi connectivity index (χ1v) is 5.64. The summed E-state index contributed by atoms with van der Waals surface area (Å²) in [7, 11) is 0. The van der Waals surface area contributed by atoms with Gasteiger partial charge in [-0.15, -0.1) is 0 Å². The zero-order valence-electron chi connectivity index (χ0n) is 10.0. The van der Waals surface area contributed by atoms with Crippen LogP contribution in [0.5, 0.6) is 0 Å². The highest BCUT2D eigenvalue weighted by atomic mass is 14.9. The van der Waals surface area contributed by atoms with Crippen LogP contribution in [0.25, 0.3) is 4.85 Å². The average molecular weight is 196 g/mol. The van der Waals surface area contributed by atoms with E-state index in [0.29, 0.717) is 12.6 Å². The Morgan fingerprint density at radius 1 is 1.21 bits per heavy atom. The highest BCUT2D eigenvalue weighted by Gasteiger charge is 2.08. The first-order valence-electron chi connectivity index (χ1n) is 5.64. The minimum Gasteiger partial charge on any atom is -0.317 e. The lowest BCUT2D eigenvalue weighted by molar-refractivity contribution is 0.366. The van der Waals surface area contributed by atoms with Crippen molar-refractivity contribution in [1.82, 2.24) is 5.32 Å². The van der Waals surface area contributed by atoms with Crippen LogP contribution in [0.3, 0.4) is 0 Å². The summed E-state index contributed by atoms with van der Waals surface area (Å²) < 4.78 is 0. The maximum Gasteiger partial charge on any atom is 0.214 e. The van der Waals surface area contributed by atoms with Crippen LogP contribution in [0.4, 0.5) is 0 Å². The summed E-state index contributed by atoms with van der Waals surface area (Å²) >= 11 is 0. The Morgan fingerprint density at radius 2 is 1.86 bits per heavy atom. The van der Waals surface area contributed by atoms with Gasteiger partial charge >= 0.3 is 0 Å². The Labute approximate surface area is 88.9 Å². The predicted molar refractivity (Wildman–Crippen MR) is 62.2 cm³/mol. The summed E-state index contributed by atoms with van der Waals surface area (Å²) in [5.74, 6) is 1.48. The van der Waals surface area contributed by atoms with Crippen molar-refractivity contribution < 1.29 is 0 Å². The molecule has 0 aromatic rings. The monoisotopic (exact) mass is 196 g/mol. The van der Waals surface area contributed by atoms with Gasteiger partial charge < -0.3 is 10.2 Å². The standard InChI is InChI=1S/C12H24N2/c1-10(2)11(3)9-14-12(4)7-6-8-13-5/h10-12,14H,6-9H2,1-4H3/t11-,12?/m1/s1. The zero-order chi connectivity index (χ0) is 11.0. The minimum atomic E-state index is 0.554. The molecule has 2 nitrogen and oxygen atoms in total. The Bertz CT molecular complexity index is 170. The van der Waals surface area contributed by atoms with Crippen molar-refractivity contribution >= 4 is 0 Å². The molecule has 0 amide bonds. The van der Waals surface area contributed by atoms with Gasteiger partial charge in [0.1, 0.15) is 0 Å². The highest BCUT2D eigenvalue weighted by molar-refractivity contribution is 4.68. The molecule has 0 aliphatic carbocycles. The van der Waals surface area contributed by atoms with Gasteiger partial charge in [0.2, 0.25) is 6.54 Å². The number of hydrogen-bond donors (Lipinski definition) is 1. The second kappa shape index (κ2) is 7.82. The van der Waals surface area contributed by atoms with Crippen LogP contribution in [0.2, 0.25) is 0 Å². The van der Waals surface area contributed by atoms with Crippen LogP contribution in [-0.4, -0.2) is 19.1 Å². The number of hydrogen-bond acceptors (Lipinski definition) is 1. The first kappa shape index (κ1) is 13.4. The molecule has 0 bridgehead atoms. The van der Waals surface area contributed by atoms with Crippen LogP contribution >= 0.6 is 0 Å². The second-order valence-electron chi connectivity index (χ2n) is 4.55. The molecule has 0 heterocycles. The van der Waals surface area contributed by atoms with Crippen molar-refractivity contribution in [3.63, 3.8) is 0 Å². The first-order chi connectivity index (χ1) is 6.57. The third-order valence-corrected chi connectivity index (χ3v) is 2.83. The topological polar surface area (TPSA) is 16.4 Å². The van der Waals surface area contributed by atoms with Gasteiger partial charge in [-0.2, -0.15) is 0 Å². The summed E-state index contributed by atoms with van der Waals surface area (Å²) in [6.07, 6.45) is 2.14. The molecule has 0 aliphatic rings. The van der Waals surface area contributed by atoms with E-state index in [9.17, 15) is 0 Å². The van der Waals surface area contributed by atoms with Gasteiger partial charge in [0.25, 0.3) is 0 Å². The highest BCUT2D eigenvalue weighted by Crippen LogP contribution is 2.08. The van der Waals surface area contributed by atoms with E-state index in [2.05, 4.69) is 37.9 Å². The van der Waals surface area contributed by atoms with Crippen molar-refractivity contribution in [2.24, 2.45) is 11.8 Å². The third kappa shape index (κ3) is 6.91. The number of rotatable bonds is 7. The van der Waals surface area contributed by atoms with Crippen molar-refractivity contribution in [1.29, 1.82) is 0 Å². The lowest BCUT2D eigenvalue weighted by atomic mass is 9.98. The summed E-state index contributed by atoms with van der Waals surface area (Å²) in [6, 6.07) is 0.554. The molecule has 0 fully saturated rings. The van der Waals surface area contributed by atoms with E-state index in [1.54, 1.807) is 0 Å². The van der Waals surface area contributed by atoms with Crippen molar-refractivity contribution in [2.75, 3.05) is 13.1 Å². The van der Waals surface area contributed by atoms with E-state index < -0.39 is 0 Å². The van der Waals surface area contributed by atoms with Gasteiger partial charge in [0.05, 0.1) is 0 Å². The van der Waals surface area contributed by atoms with Crippen LogP contribution in [-0.2, 0) is 0 Å². The molecule has 1 unspecified atom stereocenters. The van der Waals surface area contributed by atoms with Crippen LogP contribution in [0, 0.1) is 18.4 Å². The molecule has 0 aromatic heterocycles. The third-order valence-electron chi connectivity index (χ3n) is 2.83. The Balaban J connectivity index is 3.44. The van der Waals surface area contributed by atoms with E-state index in [4.69, 9.17) is 6.57 Å². The van der Waals surface area contributed by atoms with Crippen molar-refractivity contribution in [2.45, 2.75) is 46.6 Å². The zero-order valence-corrected chi connectivity index (χ0v) is 10.0. The fourth-order valence-electron chi connectivity index (χ4n) is 1.20. The summed E-state index contributed by atoms with van der Waals surface area (Å²) in [4.78, 5) is 3.35. The van der Waals surface area contributed by atoms with E-state index in [0.717, 1.165) is 31.2 Å². The predicted octanol–water partition coefficient (Wildman–Crippen LogP) is 2.96. The Hall–Kier alpha value is -0.550. The van der Waals surface area contributed by atoms with Crippen molar-refractivity contribution in [3.8, 4) is 0 Å². The molecule has 0 aromatic carbocycles. The molecule has 2 heteroatoms. The Morgan fingerprint density at radius 3 is 2.36 bits per heavy atom. The van der Waals surface area contributed by atoms with E-state index in [1.165, 1.54) is 0 Å². The summed E-state index contributed by atoms with van der Waals surface area (Å²) in [5, 5.41) is 3.52. The van der Waals surface area contributed by atoms with Crippen LogP contribution < -0.4 is 5.32 Å². The molecule has 0 radical (unpaired) electrons. The van der Waals surface area contributed by atoms with Gasteiger partial charge in [0.15, 0.2) is 0 Å². The fraction of sp³-hybridized carbons (Fsp3) is 0.917. The molecule has 2 atom stereocenters. The van der Waals surface area contributed by atoms with E-state index in [-0.39, 0.29) is 0 Å². The van der Waals surface area contributed by atoms with Crippen LogP contribution in [0.15, 0.2) is 0 Å². The SMILES string of the molecule is [C-]#[N+]CCCC(C)NC[C@@H](C)C(C)C. The number of nitrogens with one attached hydrogen (secondary N) is 1. The van der Waals surface area contributed by atoms with E-state index >= 15 is 0 Å². The van der Waals surface area contributed by atoms with Crippen molar-refractivity contribution in [3.05, 3.63) is 11.4 Å². The fourth-order valence-corrected chi connectivity index (χ4v) is 1.20. The summed E-state index contributed by atoms with van der Waals surface area (Å²) in [5.41, 5.74) is 0. The van der Waals surface area contributed by atoms with Gasteiger partial charge in [-0.25, -0.2) is 6.57 Å². The van der Waals surface area contributed by atoms with Gasteiger partial charge in [0, 0.05) is 12.5 Å². The lowest BCUT2D eigenvalue weighted by Crippen LogP contribution is -2.32. The molecule has 1 N–H and O–H groups in total. The number of nitrogens with zero attached hydrogens (tertiary/aromatic N) is 1. The van der Waals surface area contributed by atoms with E-state index in [1.807, 2.05) is 0 Å². The Kier molecular flexibility index (Phi) is 7.51. The van der Waals surface area contributed by atoms with Gasteiger partial charge in [-0.05, 0) is 31.7 Å². The molecule has 14 heavy (non-hydrogen) atoms. The second-order valence-corrected chi connectivity index (χ2v) is 4.55.